The van der Waals surface area contributed by atoms with Gasteiger partial charge in [-0.25, -0.2) is 9.18 Å². The molecule has 0 saturated heterocycles. The van der Waals surface area contributed by atoms with E-state index in [9.17, 15) is 18.8 Å². The molecule has 1 aromatic carbocycles. The van der Waals surface area contributed by atoms with Gasteiger partial charge in [-0.3, -0.25) is 9.59 Å². The van der Waals surface area contributed by atoms with Gasteiger partial charge in [0.15, 0.2) is 0 Å². The van der Waals surface area contributed by atoms with Gasteiger partial charge in [0.25, 0.3) is 11.7 Å². The van der Waals surface area contributed by atoms with Crippen LogP contribution >= 0.6 is 0 Å². The average molecular weight is 404 g/mol. The van der Waals surface area contributed by atoms with E-state index in [1.165, 1.54) is 18.2 Å². The van der Waals surface area contributed by atoms with Crippen LogP contribution in [-0.4, -0.2) is 49.0 Å². The maximum absolute atomic E-state index is 14.5. The topological polar surface area (TPSA) is 97.5 Å². The normalized spacial score (nSPS) is 10.6. The van der Waals surface area contributed by atoms with Crippen LogP contribution < -0.4 is 5.32 Å². The highest BCUT2D eigenvalue weighted by atomic mass is 19.1. The van der Waals surface area contributed by atoms with Crippen molar-refractivity contribution < 1.29 is 28.2 Å². The second-order valence-corrected chi connectivity index (χ2v) is 6.21. The van der Waals surface area contributed by atoms with E-state index in [-0.39, 0.29) is 35.5 Å². The fraction of sp³-hybridized carbons (Fsp3) is 0.381. The Hall–Kier alpha value is -3.00. The van der Waals surface area contributed by atoms with E-state index in [1.807, 2.05) is 6.92 Å². The van der Waals surface area contributed by atoms with Crippen molar-refractivity contribution in [2.45, 2.75) is 27.2 Å². The second-order valence-electron chi connectivity index (χ2n) is 6.21. The lowest BCUT2D eigenvalue weighted by atomic mass is 9.98. The van der Waals surface area contributed by atoms with E-state index in [1.54, 1.807) is 19.9 Å². The molecule has 0 bridgehead atoms. The van der Waals surface area contributed by atoms with Crippen LogP contribution in [0.4, 0.5) is 4.39 Å². The van der Waals surface area contributed by atoms with Gasteiger partial charge in [-0.1, -0.05) is 18.2 Å². The Kier molecular flexibility index (Phi) is 8.09. The van der Waals surface area contributed by atoms with Crippen LogP contribution in [-0.2, 0) is 14.3 Å². The van der Waals surface area contributed by atoms with E-state index in [0.29, 0.717) is 25.3 Å². The summed E-state index contributed by atoms with van der Waals surface area (Å²) in [6.45, 7) is 6.46. The number of H-pyrrole nitrogens is 1. The molecular formula is C21H25FN2O5. The molecular weight excluding hydrogens is 379 g/mol. The Morgan fingerprint density at radius 3 is 2.52 bits per heavy atom. The van der Waals surface area contributed by atoms with Gasteiger partial charge in [0.05, 0.1) is 12.2 Å². The number of ether oxygens (including phenoxy) is 2. The van der Waals surface area contributed by atoms with Crippen LogP contribution in [0.15, 0.2) is 24.3 Å². The van der Waals surface area contributed by atoms with Gasteiger partial charge in [-0.15, -0.1) is 0 Å². The minimum atomic E-state index is -0.890. The van der Waals surface area contributed by atoms with Crippen LogP contribution in [0.5, 0.6) is 0 Å². The lowest BCUT2D eigenvalue weighted by Gasteiger charge is -2.09. The van der Waals surface area contributed by atoms with Crippen LogP contribution in [0.25, 0.3) is 11.1 Å². The summed E-state index contributed by atoms with van der Waals surface area (Å²) >= 11 is 0. The van der Waals surface area contributed by atoms with Crippen molar-refractivity contribution in [1.29, 1.82) is 0 Å². The highest BCUT2D eigenvalue weighted by Gasteiger charge is 2.30. The second kappa shape index (κ2) is 10.5. The fourth-order valence-corrected chi connectivity index (χ4v) is 2.90. The summed E-state index contributed by atoms with van der Waals surface area (Å²) in [6, 6.07) is 5.73. The number of carbonyl (C=O) groups is 3. The molecule has 0 unspecified atom stereocenters. The lowest BCUT2D eigenvalue weighted by Crippen LogP contribution is -2.32. The zero-order chi connectivity index (χ0) is 21.4. The van der Waals surface area contributed by atoms with E-state index in [2.05, 4.69) is 10.3 Å². The predicted octanol–water partition coefficient (Wildman–Crippen LogP) is 3.03. The number of halogens is 1. The number of esters is 1. The summed E-state index contributed by atoms with van der Waals surface area (Å²) in [4.78, 5) is 40.3. The summed E-state index contributed by atoms with van der Waals surface area (Å²) < 4.78 is 24.7. The molecule has 0 aliphatic rings. The Labute approximate surface area is 168 Å². The molecule has 0 saturated carbocycles. The summed E-state index contributed by atoms with van der Waals surface area (Å²) in [5, 5.41) is 2.52. The van der Waals surface area contributed by atoms with Gasteiger partial charge >= 0.3 is 5.97 Å². The number of hydrogen-bond donors (Lipinski definition) is 2. The quantitative estimate of drug-likeness (QED) is 0.275. The molecule has 0 spiro atoms. The number of Topliss-reactive ketones (excluding diaryl/α,β-unsaturated/α-hetero) is 1. The number of amides is 1. The van der Waals surface area contributed by atoms with Crippen molar-refractivity contribution in [3.8, 4) is 11.1 Å². The Balaban J connectivity index is 2.40. The number of nitrogens with one attached hydrogen (secondary N) is 2. The van der Waals surface area contributed by atoms with Crippen molar-refractivity contribution in [2.24, 2.45) is 0 Å². The van der Waals surface area contributed by atoms with Crippen molar-refractivity contribution in [3.63, 3.8) is 0 Å². The van der Waals surface area contributed by atoms with Crippen LogP contribution in [0, 0.1) is 12.7 Å². The molecule has 1 heterocycles. The average Bonchev–Trinajstić information content (AvgIpc) is 3.04. The fourth-order valence-electron chi connectivity index (χ4n) is 2.90. The highest BCUT2D eigenvalue weighted by molar-refractivity contribution is 6.43. The van der Waals surface area contributed by atoms with E-state index >= 15 is 0 Å². The predicted molar refractivity (Wildman–Crippen MR) is 105 cm³/mol. The Morgan fingerprint density at radius 2 is 1.86 bits per heavy atom. The third-order valence-corrected chi connectivity index (χ3v) is 4.20. The number of carbonyl (C=O) groups excluding carboxylic acids is 3. The Bertz CT molecular complexity index is 891. The smallest absolute Gasteiger partial charge is 0.340 e. The number of rotatable bonds is 10. The number of benzene rings is 1. The standard InChI is InChI=1S/C21H25FN2O5/c1-4-28-12-8-11-23-20(26)19(25)18-17(14-9-6-7-10-15(14)22)16(13(3)24-18)21(27)29-5-2/h6-7,9-10,24H,4-5,8,11-12H2,1-3H3,(H,23,26). The first-order valence-electron chi connectivity index (χ1n) is 9.47. The summed E-state index contributed by atoms with van der Waals surface area (Å²) in [7, 11) is 0. The first-order chi connectivity index (χ1) is 13.9. The van der Waals surface area contributed by atoms with Crippen LogP contribution in [0.2, 0.25) is 0 Å². The van der Waals surface area contributed by atoms with Gasteiger partial charge in [0, 0.05) is 36.6 Å². The number of ketones is 1. The molecule has 2 N–H and O–H groups in total. The first-order valence-corrected chi connectivity index (χ1v) is 9.47. The summed E-state index contributed by atoms with van der Waals surface area (Å²) in [6.07, 6.45) is 0.546. The van der Waals surface area contributed by atoms with E-state index in [0.717, 1.165) is 0 Å². The molecule has 1 aromatic heterocycles. The van der Waals surface area contributed by atoms with Crippen molar-refractivity contribution in [2.75, 3.05) is 26.4 Å². The zero-order valence-electron chi connectivity index (χ0n) is 16.8. The van der Waals surface area contributed by atoms with Gasteiger partial charge < -0.3 is 19.8 Å². The zero-order valence-corrected chi connectivity index (χ0v) is 16.8. The number of aryl methyl sites for hydroxylation is 1. The molecule has 0 aliphatic carbocycles. The minimum Gasteiger partial charge on any atom is -0.462 e. The summed E-state index contributed by atoms with van der Waals surface area (Å²) in [5.41, 5.74) is 0.248. The molecule has 29 heavy (non-hydrogen) atoms. The molecule has 1 amide bonds. The minimum absolute atomic E-state index is 0.0218. The molecule has 0 radical (unpaired) electrons. The molecule has 8 heteroatoms. The SMILES string of the molecule is CCOCCCNC(=O)C(=O)c1[nH]c(C)c(C(=O)OCC)c1-c1ccccc1F. The molecule has 0 aliphatic heterocycles. The monoisotopic (exact) mass is 404 g/mol. The highest BCUT2D eigenvalue weighted by Crippen LogP contribution is 2.33. The van der Waals surface area contributed by atoms with Gasteiger partial charge in [-0.05, 0) is 33.3 Å². The molecule has 2 aromatic rings. The number of aromatic amines is 1. The molecule has 0 fully saturated rings. The van der Waals surface area contributed by atoms with Gasteiger partial charge in [-0.2, -0.15) is 0 Å². The molecule has 156 valence electrons. The van der Waals surface area contributed by atoms with Crippen LogP contribution in [0.3, 0.4) is 0 Å². The van der Waals surface area contributed by atoms with Crippen LogP contribution in [0.1, 0.15) is 46.8 Å². The third kappa shape index (κ3) is 5.29. The van der Waals surface area contributed by atoms with Gasteiger partial charge in [0.1, 0.15) is 11.5 Å². The number of hydrogen-bond acceptors (Lipinski definition) is 5. The lowest BCUT2D eigenvalue weighted by molar-refractivity contribution is -0.117. The van der Waals surface area contributed by atoms with Gasteiger partial charge in [0.2, 0.25) is 0 Å². The first kappa shape index (κ1) is 22.3. The van der Waals surface area contributed by atoms with E-state index in [4.69, 9.17) is 9.47 Å². The van der Waals surface area contributed by atoms with Crippen molar-refractivity contribution >= 4 is 17.7 Å². The maximum Gasteiger partial charge on any atom is 0.340 e. The van der Waals surface area contributed by atoms with Crippen molar-refractivity contribution in [3.05, 3.63) is 47.0 Å². The third-order valence-electron chi connectivity index (χ3n) is 4.20. The molecule has 0 atom stereocenters. The molecule has 2 rings (SSSR count). The maximum atomic E-state index is 14.5. The largest absolute Gasteiger partial charge is 0.462 e. The van der Waals surface area contributed by atoms with Crippen molar-refractivity contribution in [1.82, 2.24) is 10.3 Å². The van der Waals surface area contributed by atoms with E-state index < -0.39 is 23.5 Å². The molecule has 7 nitrogen and oxygen atoms in total. The summed E-state index contributed by atoms with van der Waals surface area (Å²) in [5.74, 6) is -3.06. The Morgan fingerprint density at radius 1 is 1.14 bits per heavy atom. The number of aromatic nitrogens is 1.